The molecule has 9 nitrogen and oxygen atoms in total. The van der Waals surface area contributed by atoms with E-state index in [1.54, 1.807) is 18.3 Å². The zero-order valence-electron chi connectivity index (χ0n) is 23.2. The molecule has 2 amide bonds. The van der Waals surface area contributed by atoms with Crippen molar-refractivity contribution in [2.45, 2.75) is 63.6 Å². The number of thiazole rings is 1. The summed E-state index contributed by atoms with van der Waals surface area (Å²) in [6.07, 6.45) is 2.30. The number of hydrogen-bond donors (Lipinski definition) is 3. The summed E-state index contributed by atoms with van der Waals surface area (Å²) in [6.45, 7) is 3.85. The molecule has 1 aliphatic carbocycles. The highest BCUT2D eigenvalue weighted by molar-refractivity contribution is 7.15. The molecule has 42 heavy (non-hydrogen) atoms. The Kier molecular flexibility index (Phi) is 8.78. The van der Waals surface area contributed by atoms with E-state index in [2.05, 4.69) is 25.6 Å². The number of alkyl halides is 3. The smallest absolute Gasteiger partial charge is 0.383 e. The van der Waals surface area contributed by atoms with Crippen LogP contribution in [0.25, 0.3) is 10.4 Å². The second-order valence-corrected chi connectivity index (χ2v) is 12.0. The van der Waals surface area contributed by atoms with E-state index in [0.29, 0.717) is 55.9 Å². The Balaban J connectivity index is 1.18. The standard InChI is InChI=1S/C29H33F3N6O3S/c1-18-14-20(16-21(15-18)36-27-34-11-7-23(37-27)29(30,31)32)22-17-35-26(42-22)28(41)8-5-19(6-9-28)25(40)33-10-3-13-38-12-2-4-24(38)39/h7,11,14-17,19,41H,2-6,8-10,12-13H2,1H3,(H,33,40)(H,34,36,37)/t19-,28+. The predicted octanol–water partition coefficient (Wildman–Crippen LogP) is 5.18. The molecule has 3 heterocycles. The van der Waals surface area contributed by atoms with Gasteiger partial charge in [0.05, 0.1) is 4.88 Å². The van der Waals surface area contributed by atoms with Crippen LogP contribution in [-0.2, 0) is 21.4 Å². The zero-order chi connectivity index (χ0) is 29.9. The van der Waals surface area contributed by atoms with Crippen LogP contribution in [0.5, 0.6) is 0 Å². The van der Waals surface area contributed by atoms with Crippen LogP contribution in [0.1, 0.15) is 61.2 Å². The predicted molar refractivity (Wildman–Crippen MR) is 152 cm³/mol. The van der Waals surface area contributed by atoms with Gasteiger partial charge >= 0.3 is 6.18 Å². The highest BCUT2D eigenvalue weighted by Gasteiger charge is 2.39. The van der Waals surface area contributed by atoms with E-state index in [4.69, 9.17) is 0 Å². The molecular formula is C29H33F3N6O3S. The monoisotopic (exact) mass is 602 g/mol. The zero-order valence-corrected chi connectivity index (χ0v) is 24.0. The minimum atomic E-state index is -4.57. The molecule has 13 heteroatoms. The number of likely N-dealkylation sites (tertiary alicyclic amines) is 1. The third-order valence-electron chi connectivity index (χ3n) is 7.73. The van der Waals surface area contributed by atoms with Gasteiger partial charge in [0.1, 0.15) is 16.3 Å². The van der Waals surface area contributed by atoms with Crippen LogP contribution in [0.3, 0.4) is 0 Å². The SMILES string of the molecule is Cc1cc(Nc2nccc(C(F)(F)F)n2)cc(-c2cnc([C@]3(O)CC[C@@H](C(=O)NCCCN4CCCC4=O)CC3)s2)c1. The number of aromatic nitrogens is 3. The van der Waals surface area contributed by atoms with Gasteiger partial charge in [-0.2, -0.15) is 13.2 Å². The minimum Gasteiger partial charge on any atom is -0.383 e. The van der Waals surface area contributed by atoms with Gasteiger partial charge in [0.15, 0.2) is 0 Å². The van der Waals surface area contributed by atoms with E-state index >= 15 is 0 Å². The van der Waals surface area contributed by atoms with Gasteiger partial charge in [0, 0.05) is 50.1 Å². The van der Waals surface area contributed by atoms with E-state index in [9.17, 15) is 27.9 Å². The molecule has 0 bridgehead atoms. The fourth-order valence-electron chi connectivity index (χ4n) is 5.46. The molecule has 1 saturated heterocycles. The van der Waals surface area contributed by atoms with Crippen molar-refractivity contribution >= 4 is 34.8 Å². The Morgan fingerprint density at radius 2 is 2.00 bits per heavy atom. The third kappa shape index (κ3) is 7.06. The molecule has 2 aliphatic rings. The second kappa shape index (κ2) is 12.3. The van der Waals surface area contributed by atoms with Crippen LogP contribution >= 0.6 is 11.3 Å². The van der Waals surface area contributed by atoms with Gasteiger partial charge < -0.3 is 20.6 Å². The first kappa shape index (κ1) is 29.9. The first-order chi connectivity index (χ1) is 20.0. The summed E-state index contributed by atoms with van der Waals surface area (Å²) < 4.78 is 39.2. The maximum Gasteiger partial charge on any atom is 0.433 e. The number of carbonyl (C=O) groups is 2. The largest absolute Gasteiger partial charge is 0.433 e. The van der Waals surface area contributed by atoms with Crippen molar-refractivity contribution in [3.63, 3.8) is 0 Å². The number of aliphatic hydroxyl groups is 1. The number of amides is 2. The average molecular weight is 603 g/mol. The lowest BCUT2D eigenvalue weighted by Gasteiger charge is -2.34. The summed E-state index contributed by atoms with van der Waals surface area (Å²) in [4.78, 5) is 39.0. The van der Waals surface area contributed by atoms with Crippen LogP contribution in [-0.4, -0.2) is 56.4 Å². The summed E-state index contributed by atoms with van der Waals surface area (Å²) >= 11 is 1.36. The van der Waals surface area contributed by atoms with Gasteiger partial charge in [0.2, 0.25) is 17.8 Å². The molecule has 0 radical (unpaired) electrons. The molecule has 0 unspecified atom stereocenters. The van der Waals surface area contributed by atoms with Crippen LogP contribution in [0.15, 0.2) is 36.7 Å². The number of halogens is 3. The molecule has 224 valence electrons. The molecule has 3 aromatic rings. The second-order valence-electron chi connectivity index (χ2n) is 10.9. The van der Waals surface area contributed by atoms with Crippen LogP contribution < -0.4 is 10.6 Å². The molecule has 1 aromatic carbocycles. The Bertz CT molecular complexity index is 1440. The van der Waals surface area contributed by atoms with Gasteiger partial charge in [-0.1, -0.05) is 6.07 Å². The quantitative estimate of drug-likeness (QED) is 0.289. The van der Waals surface area contributed by atoms with Crippen molar-refractivity contribution in [3.8, 4) is 10.4 Å². The maximum atomic E-state index is 13.1. The van der Waals surface area contributed by atoms with Crippen molar-refractivity contribution in [2.24, 2.45) is 5.92 Å². The Morgan fingerprint density at radius 1 is 1.21 bits per heavy atom. The Labute approximate surface area is 245 Å². The van der Waals surface area contributed by atoms with Crippen molar-refractivity contribution < 1.29 is 27.9 Å². The summed E-state index contributed by atoms with van der Waals surface area (Å²) in [5, 5.41) is 17.8. The summed E-state index contributed by atoms with van der Waals surface area (Å²) in [5.74, 6) is -0.179. The number of benzene rings is 1. The molecule has 0 spiro atoms. The highest BCUT2D eigenvalue weighted by atomic mass is 32.1. The van der Waals surface area contributed by atoms with E-state index in [0.717, 1.165) is 47.7 Å². The topological polar surface area (TPSA) is 120 Å². The van der Waals surface area contributed by atoms with E-state index < -0.39 is 17.5 Å². The number of rotatable bonds is 9. The molecule has 2 fully saturated rings. The summed E-state index contributed by atoms with van der Waals surface area (Å²) in [5.41, 5.74) is 0.0222. The molecular weight excluding hydrogens is 569 g/mol. The maximum absolute atomic E-state index is 13.1. The van der Waals surface area contributed by atoms with Crippen molar-refractivity contribution in [1.82, 2.24) is 25.2 Å². The number of nitrogens with one attached hydrogen (secondary N) is 2. The average Bonchev–Trinajstić information content (AvgIpc) is 3.61. The van der Waals surface area contributed by atoms with E-state index in [1.165, 1.54) is 11.3 Å². The van der Waals surface area contributed by atoms with Gasteiger partial charge in [-0.25, -0.2) is 15.0 Å². The van der Waals surface area contributed by atoms with Crippen LogP contribution in [0.4, 0.5) is 24.8 Å². The Morgan fingerprint density at radius 3 is 2.71 bits per heavy atom. The molecule has 0 atom stereocenters. The Hall–Kier alpha value is -3.58. The normalized spacial score (nSPS) is 21.0. The minimum absolute atomic E-state index is 0.0193. The first-order valence-corrected chi connectivity index (χ1v) is 14.9. The lowest BCUT2D eigenvalue weighted by atomic mass is 9.78. The van der Waals surface area contributed by atoms with Crippen molar-refractivity contribution in [3.05, 3.63) is 52.9 Å². The van der Waals surface area contributed by atoms with Gasteiger partial charge in [-0.3, -0.25) is 9.59 Å². The van der Waals surface area contributed by atoms with Crippen molar-refractivity contribution in [1.29, 1.82) is 0 Å². The summed E-state index contributed by atoms with van der Waals surface area (Å²) in [7, 11) is 0. The van der Waals surface area contributed by atoms with Crippen molar-refractivity contribution in [2.75, 3.05) is 25.0 Å². The first-order valence-electron chi connectivity index (χ1n) is 14.0. The van der Waals surface area contributed by atoms with E-state index in [-0.39, 0.29) is 23.7 Å². The molecule has 1 aliphatic heterocycles. The third-order valence-corrected chi connectivity index (χ3v) is 8.97. The summed E-state index contributed by atoms with van der Waals surface area (Å²) in [6, 6.07) is 6.30. The molecule has 1 saturated carbocycles. The van der Waals surface area contributed by atoms with E-state index in [1.807, 2.05) is 17.9 Å². The molecule has 2 aromatic heterocycles. The molecule has 3 N–H and O–H groups in total. The van der Waals surface area contributed by atoms with Crippen LogP contribution in [0, 0.1) is 12.8 Å². The fraction of sp³-hybridized carbons (Fsp3) is 0.483. The van der Waals surface area contributed by atoms with Crippen LogP contribution in [0.2, 0.25) is 0 Å². The lowest BCUT2D eigenvalue weighted by Crippen LogP contribution is -2.39. The number of aryl methyl sites for hydroxylation is 1. The molecule has 5 rings (SSSR count). The number of hydrogen-bond acceptors (Lipinski definition) is 8. The number of anilines is 2. The highest BCUT2D eigenvalue weighted by Crippen LogP contribution is 2.43. The van der Waals surface area contributed by atoms with Gasteiger partial charge in [-0.05, 0) is 74.8 Å². The number of nitrogens with zero attached hydrogens (tertiary/aromatic N) is 4. The van der Waals surface area contributed by atoms with Gasteiger partial charge in [0.25, 0.3) is 0 Å². The fourth-order valence-corrected chi connectivity index (χ4v) is 6.51. The van der Waals surface area contributed by atoms with Gasteiger partial charge in [-0.15, -0.1) is 11.3 Å². The number of carbonyl (C=O) groups excluding carboxylic acids is 2. The lowest BCUT2D eigenvalue weighted by molar-refractivity contribution is -0.141.